The molecular formula is C21H11Cl2F3LiNO3. The van der Waals surface area contributed by atoms with Crippen molar-refractivity contribution in [1.82, 2.24) is 0 Å². The van der Waals surface area contributed by atoms with Crippen molar-refractivity contribution in [2.24, 2.45) is 0 Å². The van der Waals surface area contributed by atoms with Crippen molar-refractivity contribution in [2.45, 2.75) is 6.18 Å². The van der Waals surface area contributed by atoms with E-state index in [0.29, 0.717) is 5.02 Å². The van der Waals surface area contributed by atoms with E-state index in [0.717, 1.165) is 18.2 Å². The molecule has 3 aromatic carbocycles. The summed E-state index contributed by atoms with van der Waals surface area (Å²) < 4.78 is 38.8. The van der Waals surface area contributed by atoms with Gasteiger partial charge in [0.25, 0.3) is 5.91 Å². The van der Waals surface area contributed by atoms with E-state index in [1.54, 1.807) is 0 Å². The number of alkyl halides is 3. The molecule has 4 nitrogen and oxygen atoms in total. The fraction of sp³-hybridized carbons (Fsp3) is 0.0476. The van der Waals surface area contributed by atoms with E-state index in [1.165, 1.54) is 42.5 Å². The van der Waals surface area contributed by atoms with E-state index >= 15 is 0 Å². The second-order valence-electron chi connectivity index (χ2n) is 6.20. The van der Waals surface area contributed by atoms with Crippen LogP contribution in [-0.4, -0.2) is 11.9 Å². The van der Waals surface area contributed by atoms with E-state index in [1.807, 2.05) is 0 Å². The Balaban J connectivity index is 0.00000341. The van der Waals surface area contributed by atoms with Crippen LogP contribution < -0.4 is 29.3 Å². The largest absolute Gasteiger partial charge is 1.00 e. The molecule has 10 heteroatoms. The minimum atomic E-state index is -4.54. The maximum absolute atomic E-state index is 12.9. The summed E-state index contributed by atoms with van der Waals surface area (Å²) in [6, 6.07) is 12.4. The molecular weight excluding hydrogens is 449 g/mol. The number of carboxylic acids is 1. The van der Waals surface area contributed by atoms with Crippen LogP contribution in [-0.2, 0) is 6.18 Å². The Morgan fingerprint density at radius 3 is 2.16 bits per heavy atom. The fourth-order valence-corrected chi connectivity index (χ4v) is 3.23. The number of nitrogens with one attached hydrogen (secondary N) is 1. The van der Waals surface area contributed by atoms with E-state index in [9.17, 15) is 27.9 Å². The number of halogens is 5. The molecule has 0 aromatic heterocycles. The number of rotatable bonds is 4. The van der Waals surface area contributed by atoms with Gasteiger partial charge in [0.1, 0.15) is 0 Å². The SMILES string of the molecule is O=C(Nc1ccc(-c2cccc(C(F)(F)F)c2)cc1C(=O)[O-])c1ccc(Cl)cc1Cl.[Li+]. The van der Waals surface area contributed by atoms with Gasteiger partial charge in [0.2, 0.25) is 0 Å². The van der Waals surface area contributed by atoms with Crippen molar-refractivity contribution >= 4 is 40.8 Å². The Hall–Kier alpha value is -2.43. The van der Waals surface area contributed by atoms with Crippen molar-refractivity contribution in [2.75, 3.05) is 5.32 Å². The molecule has 1 amide bonds. The standard InChI is InChI=1S/C21H12Cl2F3NO3.Li/c22-14-5-6-15(17(23)10-14)19(28)27-18-7-4-12(9-16(18)20(29)30)11-2-1-3-13(8-11)21(24,25)26;/h1-10H,(H,27,28)(H,29,30);/q;+1/p-1. The number of hydrogen-bond donors (Lipinski definition) is 1. The quantitative estimate of drug-likeness (QED) is 0.608. The molecule has 0 radical (unpaired) electrons. The predicted octanol–water partition coefficient (Wildman–Crippen LogP) is 2.30. The number of carbonyl (C=O) groups excluding carboxylic acids is 2. The number of hydrogen-bond acceptors (Lipinski definition) is 3. The zero-order valence-electron chi connectivity index (χ0n) is 15.9. The third-order valence-corrected chi connectivity index (χ3v) is 4.73. The van der Waals surface area contributed by atoms with E-state index in [2.05, 4.69) is 5.32 Å². The first-order valence-electron chi connectivity index (χ1n) is 8.35. The molecule has 0 fully saturated rings. The van der Waals surface area contributed by atoms with Crippen LogP contribution in [0.4, 0.5) is 18.9 Å². The summed E-state index contributed by atoms with van der Waals surface area (Å²) in [6.07, 6.45) is -4.54. The third kappa shape index (κ3) is 5.84. The second-order valence-corrected chi connectivity index (χ2v) is 7.05. The van der Waals surface area contributed by atoms with Gasteiger partial charge in [-0.2, -0.15) is 13.2 Å². The van der Waals surface area contributed by atoms with Gasteiger partial charge in [-0.05, 0) is 53.6 Å². The molecule has 31 heavy (non-hydrogen) atoms. The smallest absolute Gasteiger partial charge is 0.545 e. The molecule has 1 N–H and O–H groups in total. The molecule has 0 saturated heterocycles. The Kier molecular flexibility index (Phi) is 7.85. The average Bonchev–Trinajstić information content (AvgIpc) is 2.67. The molecule has 0 unspecified atom stereocenters. The van der Waals surface area contributed by atoms with Gasteiger partial charge in [-0.15, -0.1) is 0 Å². The van der Waals surface area contributed by atoms with Crippen LogP contribution in [0.1, 0.15) is 26.3 Å². The predicted molar refractivity (Wildman–Crippen MR) is 106 cm³/mol. The number of benzene rings is 3. The van der Waals surface area contributed by atoms with Crippen LogP contribution in [0.5, 0.6) is 0 Å². The molecule has 3 rings (SSSR count). The van der Waals surface area contributed by atoms with Gasteiger partial charge >= 0.3 is 25.0 Å². The average molecular weight is 460 g/mol. The molecule has 154 valence electrons. The first kappa shape index (κ1) is 24.8. The van der Waals surface area contributed by atoms with Gasteiger partial charge in [0.05, 0.1) is 27.8 Å². The molecule has 0 heterocycles. The van der Waals surface area contributed by atoms with E-state index < -0.39 is 29.2 Å². The summed E-state index contributed by atoms with van der Waals surface area (Å²) in [5.74, 6) is -2.30. The summed E-state index contributed by atoms with van der Waals surface area (Å²) >= 11 is 11.8. The number of carboxylic acid groups (broad SMARTS) is 1. The Morgan fingerprint density at radius 1 is 0.871 bits per heavy atom. The minimum Gasteiger partial charge on any atom is -0.545 e. The van der Waals surface area contributed by atoms with Crippen LogP contribution in [0.3, 0.4) is 0 Å². The van der Waals surface area contributed by atoms with Crippen molar-refractivity contribution in [1.29, 1.82) is 0 Å². The second kappa shape index (κ2) is 9.80. The minimum absolute atomic E-state index is 0. The summed E-state index contributed by atoms with van der Waals surface area (Å²) in [4.78, 5) is 24.0. The molecule has 3 aromatic rings. The number of amides is 1. The number of aromatic carboxylic acids is 1. The van der Waals surface area contributed by atoms with Gasteiger partial charge in [-0.1, -0.05) is 41.4 Å². The van der Waals surface area contributed by atoms with Gasteiger partial charge in [-0.25, -0.2) is 0 Å². The first-order valence-corrected chi connectivity index (χ1v) is 9.11. The van der Waals surface area contributed by atoms with Gasteiger partial charge in [0.15, 0.2) is 0 Å². The number of anilines is 1. The summed E-state index contributed by atoms with van der Waals surface area (Å²) in [5, 5.41) is 14.4. The molecule has 0 aliphatic heterocycles. The van der Waals surface area contributed by atoms with E-state index in [4.69, 9.17) is 23.2 Å². The third-order valence-electron chi connectivity index (χ3n) is 4.19. The molecule has 0 atom stereocenters. The fourth-order valence-electron chi connectivity index (χ4n) is 2.74. The summed E-state index contributed by atoms with van der Waals surface area (Å²) in [6.45, 7) is 0. The Labute approximate surface area is 197 Å². The van der Waals surface area contributed by atoms with Crippen molar-refractivity contribution in [3.63, 3.8) is 0 Å². The molecule has 0 saturated carbocycles. The zero-order chi connectivity index (χ0) is 22.1. The molecule has 0 aliphatic carbocycles. The maximum Gasteiger partial charge on any atom is 1.00 e. The van der Waals surface area contributed by atoms with Gasteiger partial charge in [-0.3, -0.25) is 4.79 Å². The molecule has 0 aliphatic rings. The molecule has 0 spiro atoms. The Bertz CT molecular complexity index is 1150. The zero-order valence-corrected chi connectivity index (χ0v) is 17.4. The number of carbonyl (C=O) groups is 2. The maximum atomic E-state index is 12.9. The van der Waals surface area contributed by atoms with Crippen LogP contribution in [0.25, 0.3) is 11.1 Å². The van der Waals surface area contributed by atoms with Gasteiger partial charge < -0.3 is 15.2 Å². The van der Waals surface area contributed by atoms with Crippen LogP contribution in [0, 0.1) is 0 Å². The van der Waals surface area contributed by atoms with Crippen LogP contribution in [0.2, 0.25) is 10.0 Å². The monoisotopic (exact) mass is 459 g/mol. The van der Waals surface area contributed by atoms with E-state index in [-0.39, 0.29) is 46.3 Å². The van der Waals surface area contributed by atoms with Crippen molar-refractivity contribution < 1.29 is 46.7 Å². The van der Waals surface area contributed by atoms with Crippen molar-refractivity contribution in [3.8, 4) is 11.1 Å². The first-order chi connectivity index (χ1) is 14.1. The van der Waals surface area contributed by atoms with Crippen LogP contribution >= 0.6 is 23.2 Å². The summed E-state index contributed by atoms with van der Waals surface area (Å²) in [7, 11) is 0. The normalized spacial score (nSPS) is 10.9. The summed E-state index contributed by atoms with van der Waals surface area (Å²) in [5.41, 5.74) is -0.934. The topological polar surface area (TPSA) is 69.2 Å². The molecule has 0 bridgehead atoms. The van der Waals surface area contributed by atoms with Gasteiger partial charge in [0, 0.05) is 10.6 Å². The van der Waals surface area contributed by atoms with Crippen LogP contribution in [0.15, 0.2) is 60.7 Å². The van der Waals surface area contributed by atoms with Crippen molar-refractivity contribution in [3.05, 3.63) is 87.4 Å². The Morgan fingerprint density at radius 2 is 1.55 bits per heavy atom.